The third kappa shape index (κ3) is 8.96. The van der Waals surface area contributed by atoms with E-state index in [0.29, 0.717) is 12.6 Å². The Morgan fingerprint density at radius 2 is 2.00 bits per heavy atom. The Kier molecular flexibility index (Phi) is 11.7. The number of nitrogens with one attached hydrogen (secondary N) is 2. The van der Waals surface area contributed by atoms with Gasteiger partial charge in [-0.05, 0) is 32.9 Å². The van der Waals surface area contributed by atoms with Crippen molar-refractivity contribution < 1.29 is 9.47 Å². The van der Waals surface area contributed by atoms with E-state index in [9.17, 15) is 0 Å². The smallest absolute Gasteiger partial charge is 0.191 e. The minimum Gasteiger partial charge on any atom is -0.497 e. The van der Waals surface area contributed by atoms with Crippen LogP contribution in [0.5, 0.6) is 11.5 Å². The molecule has 6 heteroatoms. The topological polar surface area (TPSA) is 54.9 Å². The molecule has 0 fully saturated rings. The molecule has 0 amide bonds. The highest BCUT2D eigenvalue weighted by molar-refractivity contribution is 14.0. The standard InChI is InChI=1S/C16H27N3O2.HI/c1-5-17-16(19-13(2)3)18-10-7-11-21-15-9-6-8-14(12-15)20-4;/h6,8-9,12-13H,5,7,10-11H2,1-4H3,(H2,17,18,19);1H. The number of ether oxygens (including phenoxy) is 2. The van der Waals surface area contributed by atoms with E-state index >= 15 is 0 Å². The van der Waals surface area contributed by atoms with E-state index in [2.05, 4.69) is 36.4 Å². The Balaban J connectivity index is 0.00000441. The zero-order valence-electron chi connectivity index (χ0n) is 13.9. The van der Waals surface area contributed by atoms with Crippen LogP contribution in [0.3, 0.4) is 0 Å². The highest BCUT2D eigenvalue weighted by Gasteiger charge is 1.99. The summed E-state index contributed by atoms with van der Waals surface area (Å²) < 4.78 is 10.8. The van der Waals surface area contributed by atoms with Crippen molar-refractivity contribution in [3.05, 3.63) is 24.3 Å². The molecule has 1 rings (SSSR count). The molecular weight excluding hydrogens is 393 g/mol. The zero-order valence-corrected chi connectivity index (χ0v) is 16.2. The van der Waals surface area contributed by atoms with Crippen LogP contribution in [0.15, 0.2) is 29.3 Å². The van der Waals surface area contributed by atoms with Crippen LogP contribution < -0.4 is 20.1 Å². The Morgan fingerprint density at radius 1 is 1.27 bits per heavy atom. The second-order valence-corrected chi connectivity index (χ2v) is 4.94. The van der Waals surface area contributed by atoms with Crippen LogP contribution in [0.25, 0.3) is 0 Å². The van der Waals surface area contributed by atoms with E-state index in [0.717, 1.165) is 37.0 Å². The van der Waals surface area contributed by atoms with E-state index < -0.39 is 0 Å². The van der Waals surface area contributed by atoms with E-state index in [1.807, 2.05) is 24.3 Å². The molecule has 0 bridgehead atoms. The number of methoxy groups -OCH3 is 1. The van der Waals surface area contributed by atoms with Gasteiger partial charge in [0.05, 0.1) is 13.7 Å². The van der Waals surface area contributed by atoms with E-state index in [1.54, 1.807) is 7.11 Å². The Bertz CT molecular complexity index is 439. The highest BCUT2D eigenvalue weighted by atomic mass is 127. The molecule has 0 aromatic heterocycles. The molecule has 1 aromatic rings. The average Bonchev–Trinajstić information content (AvgIpc) is 2.46. The first kappa shape index (κ1) is 20.8. The van der Waals surface area contributed by atoms with Crippen molar-refractivity contribution in [2.45, 2.75) is 33.2 Å². The molecular formula is C16H28IN3O2. The van der Waals surface area contributed by atoms with Gasteiger partial charge >= 0.3 is 0 Å². The molecule has 2 N–H and O–H groups in total. The molecule has 126 valence electrons. The molecule has 0 radical (unpaired) electrons. The van der Waals surface area contributed by atoms with Crippen LogP contribution in [0.4, 0.5) is 0 Å². The first-order valence-electron chi connectivity index (χ1n) is 7.47. The first-order chi connectivity index (χ1) is 10.2. The lowest BCUT2D eigenvalue weighted by Gasteiger charge is -2.14. The zero-order chi connectivity index (χ0) is 15.5. The van der Waals surface area contributed by atoms with Crippen LogP contribution in [0, 0.1) is 0 Å². The van der Waals surface area contributed by atoms with E-state index in [4.69, 9.17) is 9.47 Å². The summed E-state index contributed by atoms with van der Waals surface area (Å²) in [5.41, 5.74) is 0. The first-order valence-corrected chi connectivity index (χ1v) is 7.47. The number of halogens is 1. The lowest BCUT2D eigenvalue weighted by atomic mass is 10.3. The lowest BCUT2D eigenvalue weighted by molar-refractivity contribution is 0.311. The number of guanidine groups is 1. The van der Waals surface area contributed by atoms with Crippen molar-refractivity contribution in [3.8, 4) is 11.5 Å². The fourth-order valence-corrected chi connectivity index (χ4v) is 1.73. The van der Waals surface area contributed by atoms with Crippen molar-refractivity contribution in [1.82, 2.24) is 10.6 Å². The number of hydrogen-bond donors (Lipinski definition) is 2. The van der Waals surface area contributed by atoms with Gasteiger partial charge in [0.1, 0.15) is 11.5 Å². The second-order valence-electron chi connectivity index (χ2n) is 4.94. The Labute approximate surface area is 150 Å². The predicted octanol–water partition coefficient (Wildman–Crippen LogP) is 3.05. The summed E-state index contributed by atoms with van der Waals surface area (Å²) in [6.45, 7) is 8.48. The Morgan fingerprint density at radius 3 is 2.64 bits per heavy atom. The van der Waals surface area contributed by atoms with Crippen molar-refractivity contribution in [2.75, 3.05) is 26.8 Å². The molecule has 0 atom stereocenters. The number of rotatable bonds is 8. The number of benzene rings is 1. The predicted molar refractivity (Wildman–Crippen MR) is 103 cm³/mol. The maximum Gasteiger partial charge on any atom is 0.191 e. The summed E-state index contributed by atoms with van der Waals surface area (Å²) in [6, 6.07) is 8.00. The largest absolute Gasteiger partial charge is 0.497 e. The summed E-state index contributed by atoms with van der Waals surface area (Å²) in [6.07, 6.45) is 0.867. The summed E-state index contributed by atoms with van der Waals surface area (Å²) in [5, 5.41) is 6.51. The number of hydrogen-bond acceptors (Lipinski definition) is 3. The van der Waals surface area contributed by atoms with Crippen molar-refractivity contribution in [2.24, 2.45) is 4.99 Å². The van der Waals surface area contributed by atoms with Crippen LogP contribution >= 0.6 is 24.0 Å². The van der Waals surface area contributed by atoms with Crippen molar-refractivity contribution >= 4 is 29.9 Å². The van der Waals surface area contributed by atoms with Gasteiger partial charge in [-0.25, -0.2) is 0 Å². The fourth-order valence-electron chi connectivity index (χ4n) is 1.73. The number of aliphatic imine (C=N–C) groups is 1. The van der Waals surface area contributed by atoms with Gasteiger partial charge in [0.2, 0.25) is 0 Å². The average molecular weight is 421 g/mol. The van der Waals surface area contributed by atoms with E-state index in [-0.39, 0.29) is 24.0 Å². The fraction of sp³-hybridized carbons (Fsp3) is 0.562. The summed E-state index contributed by atoms with van der Waals surface area (Å²) >= 11 is 0. The maximum atomic E-state index is 5.68. The normalized spacial score (nSPS) is 10.9. The molecule has 22 heavy (non-hydrogen) atoms. The van der Waals surface area contributed by atoms with Gasteiger partial charge in [-0.2, -0.15) is 0 Å². The molecule has 0 saturated heterocycles. The highest BCUT2D eigenvalue weighted by Crippen LogP contribution is 2.18. The minimum absolute atomic E-state index is 0. The van der Waals surface area contributed by atoms with E-state index in [1.165, 1.54) is 0 Å². The summed E-state index contributed by atoms with van der Waals surface area (Å²) in [4.78, 5) is 4.51. The third-order valence-electron chi connectivity index (χ3n) is 2.65. The maximum absolute atomic E-state index is 5.68. The summed E-state index contributed by atoms with van der Waals surface area (Å²) in [7, 11) is 1.65. The van der Waals surface area contributed by atoms with Crippen LogP contribution in [0.1, 0.15) is 27.2 Å². The molecule has 0 saturated carbocycles. The van der Waals surface area contributed by atoms with Gasteiger partial charge in [-0.15, -0.1) is 24.0 Å². The SMILES string of the molecule is CCNC(=NCCCOc1cccc(OC)c1)NC(C)C.I. The van der Waals surface area contributed by atoms with Gasteiger partial charge in [0.15, 0.2) is 5.96 Å². The van der Waals surface area contributed by atoms with Gasteiger partial charge in [-0.1, -0.05) is 6.07 Å². The quantitative estimate of drug-likeness (QED) is 0.293. The molecule has 0 aliphatic heterocycles. The second kappa shape index (κ2) is 12.4. The van der Waals surface area contributed by atoms with Gasteiger partial charge in [-0.3, -0.25) is 4.99 Å². The van der Waals surface area contributed by atoms with Crippen molar-refractivity contribution in [1.29, 1.82) is 0 Å². The van der Waals surface area contributed by atoms with Crippen LogP contribution in [-0.4, -0.2) is 38.8 Å². The summed E-state index contributed by atoms with van der Waals surface area (Å²) in [5.74, 6) is 2.49. The Hall–Kier alpha value is -1.18. The minimum atomic E-state index is 0. The lowest BCUT2D eigenvalue weighted by Crippen LogP contribution is -2.41. The third-order valence-corrected chi connectivity index (χ3v) is 2.65. The molecule has 5 nitrogen and oxygen atoms in total. The molecule has 0 spiro atoms. The van der Waals surface area contributed by atoms with Crippen LogP contribution in [-0.2, 0) is 0 Å². The molecule has 0 aliphatic rings. The molecule has 1 aromatic carbocycles. The van der Waals surface area contributed by atoms with Crippen LogP contribution in [0.2, 0.25) is 0 Å². The number of nitrogens with zero attached hydrogens (tertiary/aromatic N) is 1. The van der Waals surface area contributed by atoms with Gasteiger partial charge < -0.3 is 20.1 Å². The van der Waals surface area contributed by atoms with Gasteiger partial charge in [0, 0.05) is 31.6 Å². The molecule has 0 unspecified atom stereocenters. The van der Waals surface area contributed by atoms with Crippen molar-refractivity contribution in [3.63, 3.8) is 0 Å². The molecule has 0 aliphatic carbocycles. The van der Waals surface area contributed by atoms with Gasteiger partial charge in [0.25, 0.3) is 0 Å². The monoisotopic (exact) mass is 421 g/mol. The molecule has 0 heterocycles.